The highest BCUT2D eigenvalue weighted by molar-refractivity contribution is 5.95. The van der Waals surface area contributed by atoms with Gasteiger partial charge in [0.1, 0.15) is 6.04 Å². The van der Waals surface area contributed by atoms with Gasteiger partial charge in [-0.25, -0.2) is 0 Å². The maximum absolute atomic E-state index is 12.4. The van der Waals surface area contributed by atoms with Crippen molar-refractivity contribution in [3.63, 3.8) is 0 Å². The second-order valence-electron chi connectivity index (χ2n) is 5.66. The molecule has 3 rings (SSSR count). The van der Waals surface area contributed by atoms with Gasteiger partial charge in [-0.2, -0.15) is 0 Å². The first-order valence-electron chi connectivity index (χ1n) is 7.35. The van der Waals surface area contributed by atoms with Crippen molar-refractivity contribution in [3.8, 4) is 0 Å². The van der Waals surface area contributed by atoms with Gasteiger partial charge < -0.3 is 10.2 Å². The molecule has 2 aliphatic rings. The molecule has 0 aromatic heterocycles. The van der Waals surface area contributed by atoms with E-state index in [2.05, 4.69) is 23.5 Å². The summed E-state index contributed by atoms with van der Waals surface area (Å²) in [5.41, 5.74) is 2.69. The Morgan fingerprint density at radius 1 is 1.25 bits per heavy atom. The van der Waals surface area contributed by atoms with Crippen LogP contribution in [-0.4, -0.2) is 35.3 Å². The minimum Gasteiger partial charge on any atom is -0.343 e. The highest BCUT2D eigenvalue weighted by Gasteiger charge is 2.36. The minimum atomic E-state index is -0.339. The zero-order chi connectivity index (χ0) is 14.1. The van der Waals surface area contributed by atoms with Gasteiger partial charge in [0, 0.05) is 6.04 Å². The van der Waals surface area contributed by atoms with Gasteiger partial charge in [-0.1, -0.05) is 31.2 Å². The summed E-state index contributed by atoms with van der Waals surface area (Å²) in [6.07, 6.45) is 3.46. The van der Waals surface area contributed by atoms with Crippen LogP contribution in [0.2, 0.25) is 0 Å². The number of benzene rings is 1. The largest absolute Gasteiger partial charge is 0.343 e. The third kappa shape index (κ3) is 2.30. The lowest BCUT2D eigenvalue weighted by Gasteiger charge is -2.39. The smallest absolute Gasteiger partial charge is 0.245 e. The summed E-state index contributed by atoms with van der Waals surface area (Å²) >= 11 is 0. The van der Waals surface area contributed by atoms with Crippen LogP contribution < -0.4 is 5.32 Å². The normalized spacial score (nSPS) is 26.1. The maximum atomic E-state index is 12.4. The number of hydrogen-bond acceptors (Lipinski definition) is 2. The van der Waals surface area contributed by atoms with Gasteiger partial charge in [0.25, 0.3) is 0 Å². The van der Waals surface area contributed by atoms with E-state index in [0.717, 1.165) is 19.3 Å². The van der Waals surface area contributed by atoms with Crippen LogP contribution >= 0.6 is 0 Å². The molecule has 0 bridgehead atoms. The highest BCUT2D eigenvalue weighted by Crippen LogP contribution is 2.25. The van der Waals surface area contributed by atoms with Gasteiger partial charge >= 0.3 is 0 Å². The molecule has 1 aromatic carbocycles. The molecule has 0 radical (unpaired) electrons. The Labute approximate surface area is 119 Å². The molecule has 2 atom stereocenters. The number of piperazine rings is 1. The number of aryl methyl sites for hydroxylation is 1. The molecule has 1 fully saturated rings. The SMILES string of the molecule is CCC1NC(=O)CN(C2CCc3ccccc3C2)C1=O. The summed E-state index contributed by atoms with van der Waals surface area (Å²) in [6.45, 7) is 2.14. The van der Waals surface area contributed by atoms with Crippen molar-refractivity contribution in [2.45, 2.75) is 44.7 Å². The zero-order valence-electron chi connectivity index (χ0n) is 11.8. The van der Waals surface area contributed by atoms with Crippen molar-refractivity contribution in [1.29, 1.82) is 0 Å². The van der Waals surface area contributed by atoms with E-state index >= 15 is 0 Å². The fraction of sp³-hybridized carbons (Fsp3) is 0.500. The number of hydrogen-bond donors (Lipinski definition) is 1. The molecule has 1 aliphatic carbocycles. The van der Waals surface area contributed by atoms with E-state index in [4.69, 9.17) is 0 Å². The van der Waals surface area contributed by atoms with Crippen LogP contribution in [0.3, 0.4) is 0 Å². The third-order valence-electron chi connectivity index (χ3n) is 4.40. The minimum absolute atomic E-state index is 0.0321. The molecule has 1 N–H and O–H groups in total. The summed E-state index contributed by atoms with van der Waals surface area (Å²) in [5, 5.41) is 2.77. The highest BCUT2D eigenvalue weighted by atomic mass is 16.2. The molecule has 2 amide bonds. The molecular formula is C16H20N2O2. The molecule has 4 nitrogen and oxygen atoms in total. The van der Waals surface area contributed by atoms with E-state index < -0.39 is 0 Å². The molecular weight excluding hydrogens is 252 g/mol. The number of nitrogens with zero attached hydrogens (tertiary/aromatic N) is 1. The lowest BCUT2D eigenvalue weighted by atomic mass is 9.87. The molecule has 4 heteroatoms. The molecule has 106 valence electrons. The average Bonchev–Trinajstić information content (AvgIpc) is 2.48. The molecule has 1 heterocycles. The molecule has 20 heavy (non-hydrogen) atoms. The van der Waals surface area contributed by atoms with Gasteiger partial charge in [-0.05, 0) is 36.8 Å². The van der Waals surface area contributed by atoms with Gasteiger partial charge in [0.15, 0.2) is 0 Å². The van der Waals surface area contributed by atoms with E-state index in [1.165, 1.54) is 11.1 Å². The lowest BCUT2D eigenvalue weighted by molar-refractivity contribution is -0.147. The number of carbonyl (C=O) groups excluding carboxylic acids is 2. The summed E-state index contributed by atoms with van der Waals surface area (Å²) in [6, 6.07) is 8.22. The first kappa shape index (κ1) is 13.2. The molecule has 2 unspecified atom stereocenters. The summed E-state index contributed by atoms with van der Waals surface area (Å²) in [4.78, 5) is 26.0. The van der Waals surface area contributed by atoms with Crippen LogP contribution in [0.25, 0.3) is 0 Å². The summed E-state index contributed by atoms with van der Waals surface area (Å²) in [7, 11) is 0. The van der Waals surface area contributed by atoms with E-state index in [9.17, 15) is 9.59 Å². The van der Waals surface area contributed by atoms with E-state index in [-0.39, 0.29) is 30.4 Å². The van der Waals surface area contributed by atoms with Crippen molar-refractivity contribution >= 4 is 11.8 Å². The number of rotatable bonds is 2. The fourth-order valence-corrected chi connectivity index (χ4v) is 3.26. The average molecular weight is 272 g/mol. The first-order valence-corrected chi connectivity index (χ1v) is 7.35. The number of carbonyl (C=O) groups is 2. The van der Waals surface area contributed by atoms with E-state index in [1.54, 1.807) is 4.90 Å². The quantitative estimate of drug-likeness (QED) is 0.881. The Morgan fingerprint density at radius 2 is 2.00 bits per heavy atom. The van der Waals surface area contributed by atoms with Gasteiger partial charge in [0.05, 0.1) is 6.54 Å². The second-order valence-corrected chi connectivity index (χ2v) is 5.66. The monoisotopic (exact) mass is 272 g/mol. The molecule has 1 aromatic rings. The lowest BCUT2D eigenvalue weighted by Crippen LogP contribution is -2.61. The number of nitrogens with one attached hydrogen (secondary N) is 1. The fourth-order valence-electron chi connectivity index (χ4n) is 3.26. The second kappa shape index (κ2) is 5.27. The standard InChI is InChI=1S/C16H20N2O2/c1-2-14-16(20)18(10-15(19)17-14)13-8-7-11-5-3-4-6-12(11)9-13/h3-6,13-14H,2,7-10H2,1H3,(H,17,19). The Bertz CT molecular complexity index is 541. The Balaban J connectivity index is 1.80. The number of amides is 2. The summed E-state index contributed by atoms with van der Waals surface area (Å²) < 4.78 is 0. The van der Waals surface area contributed by atoms with Crippen molar-refractivity contribution in [2.75, 3.05) is 6.54 Å². The van der Waals surface area contributed by atoms with Crippen LogP contribution in [0.1, 0.15) is 30.9 Å². The van der Waals surface area contributed by atoms with Crippen molar-refractivity contribution < 1.29 is 9.59 Å². The van der Waals surface area contributed by atoms with Crippen LogP contribution in [0.15, 0.2) is 24.3 Å². The van der Waals surface area contributed by atoms with Crippen LogP contribution in [0.4, 0.5) is 0 Å². The predicted octanol–water partition coefficient (Wildman–Crippen LogP) is 1.28. The zero-order valence-corrected chi connectivity index (χ0v) is 11.8. The third-order valence-corrected chi connectivity index (χ3v) is 4.40. The van der Waals surface area contributed by atoms with Crippen LogP contribution in [-0.2, 0) is 22.4 Å². The Hall–Kier alpha value is -1.84. The molecule has 1 aliphatic heterocycles. The first-order chi connectivity index (χ1) is 9.69. The number of fused-ring (bicyclic) bond motifs is 1. The summed E-state index contributed by atoms with van der Waals surface area (Å²) in [5.74, 6) is 0.0480. The van der Waals surface area contributed by atoms with Crippen molar-refractivity contribution in [3.05, 3.63) is 35.4 Å². The van der Waals surface area contributed by atoms with E-state index in [0.29, 0.717) is 6.42 Å². The topological polar surface area (TPSA) is 49.4 Å². The molecule has 0 saturated carbocycles. The maximum Gasteiger partial charge on any atom is 0.245 e. The van der Waals surface area contributed by atoms with Crippen molar-refractivity contribution in [1.82, 2.24) is 10.2 Å². The van der Waals surface area contributed by atoms with Crippen LogP contribution in [0.5, 0.6) is 0 Å². The Morgan fingerprint density at radius 3 is 2.75 bits per heavy atom. The molecule has 0 spiro atoms. The van der Waals surface area contributed by atoms with Gasteiger partial charge in [0.2, 0.25) is 11.8 Å². The van der Waals surface area contributed by atoms with Gasteiger partial charge in [-0.15, -0.1) is 0 Å². The van der Waals surface area contributed by atoms with Crippen LogP contribution in [0, 0.1) is 0 Å². The van der Waals surface area contributed by atoms with Crippen molar-refractivity contribution in [2.24, 2.45) is 0 Å². The van der Waals surface area contributed by atoms with Gasteiger partial charge in [-0.3, -0.25) is 9.59 Å². The Kier molecular flexibility index (Phi) is 3.47. The van der Waals surface area contributed by atoms with E-state index in [1.807, 2.05) is 13.0 Å². The molecule has 1 saturated heterocycles. The predicted molar refractivity (Wildman–Crippen MR) is 76.2 cm³/mol.